The molecule has 1 heterocycles. The maximum Gasteiger partial charge on any atom is 0.330 e. The van der Waals surface area contributed by atoms with E-state index in [4.69, 9.17) is 21.1 Å². The van der Waals surface area contributed by atoms with Crippen molar-refractivity contribution in [1.29, 1.82) is 0 Å². The van der Waals surface area contributed by atoms with Crippen molar-refractivity contribution in [2.75, 3.05) is 13.7 Å². The molecule has 0 saturated heterocycles. The van der Waals surface area contributed by atoms with Crippen LogP contribution in [0.25, 0.3) is 0 Å². The highest BCUT2D eigenvalue weighted by Gasteiger charge is 2.29. The van der Waals surface area contributed by atoms with Crippen LogP contribution in [-0.2, 0) is 25.6 Å². The van der Waals surface area contributed by atoms with Gasteiger partial charge in [-0.2, -0.15) is 0 Å². The fourth-order valence-corrected chi connectivity index (χ4v) is 2.87. The van der Waals surface area contributed by atoms with Gasteiger partial charge in [-0.25, -0.2) is 4.79 Å². The first-order valence-corrected chi connectivity index (χ1v) is 9.47. The Bertz CT molecular complexity index is 661. The quantitative estimate of drug-likeness (QED) is 0.524. The average Bonchev–Trinajstić information content (AvgIpc) is 2.50. The number of ether oxygens (including phenoxy) is 1. The molecule has 4 atom stereocenters. The maximum atomic E-state index is 11.7. The molecule has 0 aliphatic heterocycles. The molecule has 9 nitrogen and oxygen atoms in total. The van der Waals surface area contributed by atoms with E-state index in [1.54, 1.807) is 13.8 Å². The molecule has 0 aliphatic rings. The fourth-order valence-electron chi connectivity index (χ4n) is 1.91. The molecule has 0 radical (unpaired) electrons. The third-order valence-electron chi connectivity index (χ3n) is 3.11. The highest BCUT2D eigenvalue weighted by molar-refractivity contribution is 8.07. The minimum Gasteiger partial charge on any atom is -0.394 e. The standard InChI is InChI=1S/C12H21N2O7PS/c1-4-9(10(7-15)21-22(18,23)19-3)20-8(2)14-6-5-11(16)13-12(14)17/h5-6,8-10,15H,4,7H2,1-3H3,(H,18,23)(H,13,16,17)/t8?,9-,10?,22?/m0/s1. The van der Waals surface area contributed by atoms with Gasteiger partial charge in [0.1, 0.15) is 12.3 Å². The predicted molar refractivity (Wildman–Crippen MR) is 86.7 cm³/mol. The van der Waals surface area contributed by atoms with Crippen LogP contribution in [0.2, 0.25) is 0 Å². The van der Waals surface area contributed by atoms with Crippen molar-refractivity contribution in [1.82, 2.24) is 9.55 Å². The van der Waals surface area contributed by atoms with Crippen molar-refractivity contribution in [3.63, 3.8) is 0 Å². The molecule has 1 rings (SSSR count). The zero-order valence-electron chi connectivity index (χ0n) is 13.0. The molecule has 0 bridgehead atoms. The number of aliphatic hydroxyl groups is 1. The van der Waals surface area contributed by atoms with Crippen molar-refractivity contribution in [2.45, 2.75) is 38.7 Å². The minimum atomic E-state index is -3.47. The SMILES string of the molecule is CC[C@H](OC(C)n1ccc(=O)[nH]c1=O)C(CO)OP(O)(=S)OC. The zero-order valence-corrected chi connectivity index (χ0v) is 14.8. The number of nitrogens with one attached hydrogen (secondary N) is 1. The first-order valence-electron chi connectivity index (χ1n) is 6.88. The Hall–Kier alpha value is -0.870. The molecule has 0 aliphatic carbocycles. The van der Waals surface area contributed by atoms with Gasteiger partial charge in [0.2, 0.25) is 0 Å². The van der Waals surface area contributed by atoms with Gasteiger partial charge in [0, 0.05) is 19.4 Å². The number of aliphatic hydroxyl groups excluding tert-OH is 1. The monoisotopic (exact) mass is 368 g/mol. The van der Waals surface area contributed by atoms with Gasteiger partial charge in [-0.15, -0.1) is 0 Å². The lowest BCUT2D eigenvalue weighted by Gasteiger charge is -2.30. The van der Waals surface area contributed by atoms with E-state index in [-0.39, 0.29) is 0 Å². The molecule has 3 N–H and O–H groups in total. The normalized spacial score (nSPS) is 18.1. The summed E-state index contributed by atoms with van der Waals surface area (Å²) >= 11 is 4.76. The van der Waals surface area contributed by atoms with E-state index < -0.39 is 43.0 Å². The van der Waals surface area contributed by atoms with E-state index >= 15 is 0 Å². The highest BCUT2D eigenvalue weighted by atomic mass is 32.5. The van der Waals surface area contributed by atoms with Crippen molar-refractivity contribution in [3.8, 4) is 0 Å². The predicted octanol–water partition coefficient (Wildman–Crippen LogP) is 0.0910. The second-order valence-electron chi connectivity index (χ2n) is 4.68. The number of hydrogen-bond donors (Lipinski definition) is 3. The largest absolute Gasteiger partial charge is 0.394 e. The van der Waals surface area contributed by atoms with Crippen LogP contribution in [0.5, 0.6) is 0 Å². The third kappa shape index (κ3) is 5.92. The molecule has 23 heavy (non-hydrogen) atoms. The van der Waals surface area contributed by atoms with Crippen molar-refractivity contribution in [2.24, 2.45) is 0 Å². The van der Waals surface area contributed by atoms with Crippen LogP contribution < -0.4 is 11.2 Å². The van der Waals surface area contributed by atoms with Gasteiger partial charge < -0.3 is 23.8 Å². The van der Waals surface area contributed by atoms with E-state index in [2.05, 4.69) is 9.51 Å². The molecule has 0 spiro atoms. The minimum absolute atomic E-state index is 0.423. The van der Waals surface area contributed by atoms with E-state index in [9.17, 15) is 19.6 Å². The molecule has 132 valence electrons. The van der Waals surface area contributed by atoms with Gasteiger partial charge in [-0.1, -0.05) is 6.92 Å². The Morgan fingerprint density at radius 2 is 2.09 bits per heavy atom. The summed E-state index contributed by atoms with van der Waals surface area (Å²) in [4.78, 5) is 34.7. The molecule has 0 aromatic carbocycles. The van der Waals surface area contributed by atoms with Gasteiger partial charge in [-0.3, -0.25) is 14.3 Å². The van der Waals surface area contributed by atoms with Gasteiger partial charge in [0.05, 0.1) is 12.7 Å². The molecular formula is C12H21N2O7PS. The van der Waals surface area contributed by atoms with Crippen LogP contribution in [0.1, 0.15) is 26.5 Å². The summed E-state index contributed by atoms with van der Waals surface area (Å²) in [7, 11) is 1.21. The van der Waals surface area contributed by atoms with E-state index in [1.165, 1.54) is 23.9 Å². The average molecular weight is 368 g/mol. The summed E-state index contributed by atoms with van der Waals surface area (Å²) in [6.45, 7) is -0.534. The van der Waals surface area contributed by atoms with Gasteiger partial charge >= 0.3 is 12.4 Å². The summed E-state index contributed by atoms with van der Waals surface area (Å²) < 4.78 is 16.8. The van der Waals surface area contributed by atoms with E-state index in [0.717, 1.165) is 0 Å². The second-order valence-corrected chi connectivity index (χ2v) is 7.57. The lowest BCUT2D eigenvalue weighted by atomic mass is 10.1. The van der Waals surface area contributed by atoms with E-state index in [0.29, 0.717) is 6.42 Å². The van der Waals surface area contributed by atoms with Crippen LogP contribution in [0.15, 0.2) is 21.9 Å². The molecule has 0 fully saturated rings. The number of rotatable bonds is 9. The van der Waals surface area contributed by atoms with Gasteiger partial charge in [-0.05, 0) is 25.2 Å². The van der Waals surface area contributed by atoms with Crippen LogP contribution in [0, 0.1) is 0 Å². The first-order chi connectivity index (χ1) is 10.7. The summed E-state index contributed by atoms with van der Waals surface area (Å²) in [6.07, 6.45) is -0.581. The van der Waals surface area contributed by atoms with E-state index in [1.807, 2.05) is 0 Å². The summed E-state index contributed by atoms with van der Waals surface area (Å²) in [5, 5.41) is 9.44. The molecule has 11 heteroatoms. The Morgan fingerprint density at radius 1 is 1.43 bits per heavy atom. The van der Waals surface area contributed by atoms with Crippen LogP contribution in [0.3, 0.4) is 0 Å². The third-order valence-corrected chi connectivity index (χ3v) is 4.81. The Kier molecular flexibility index (Phi) is 7.75. The first kappa shape index (κ1) is 20.2. The van der Waals surface area contributed by atoms with Crippen molar-refractivity contribution >= 4 is 18.5 Å². The number of hydrogen-bond acceptors (Lipinski definition) is 7. The molecule has 1 aromatic heterocycles. The summed E-state index contributed by atoms with van der Waals surface area (Å²) in [5.41, 5.74) is -1.13. The fraction of sp³-hybridized carbons (Fsp3) is 0.667. The molecule has 0 saturated carbocycles. The zero-order chi connectivity index (χ0) is 17.6. The Morgan fingerprint density at radius 3 is 2.57 bits per heavy atom. The summed E-state index contributed by atoms with van der Waals surface area (Å²) in [6, 6.07) is 1.20. The van der Waals surface area contributed by atoms with Crippen LogP contribution in [0.4, 0.5) is 0 Å². The lowest BCUT2D eigenvalue weighted by Crippen LogP contribution is -2.38. The Balaban J connectivity index is 2.90. The molecule has 0 amide bonds. The number of aromatic nitrogens is 2. The van der Waals surface area contributed by atoms with Crippen LogP contribution in [-0.4, -0.2) is 45.5 Å². The summed E-state index contributed by atoms with van der Waals surface area (Å²) in [5.74, 6) is 0. The topological polar surface area (TPSA) is 123 Å². The van der Waals surface area contributed by atoms with Crippen LogP contribution >= 0.6 is 6.72 Å². The number of H-pyrrole nitrogens is 1. The highest BCUT2D eigenvalue weighted by Crippen LogP contribution is 2.44. The van der Waals surface area contributed by atoms with Crippen molar-refractivity contribution < 1.29 is 23.8 Å². The van der Waals surface area contributed by atoms with Gasteiger partial charge in [0.15, 0.2) is 0 Å². The second kappa shape index (κ2) is 8.84. The number of aromatic amines is 1. The van der Waals surface area contributed by atoms with Crippen molar-refractivity contribution in [3.05, 3.63) is 33.1 Å². The Labute approximate surface area is 138 Å². The number of nitrogens with zero attached hydrogens (tertiary/aromatic N) is 1. The smallest absolute Gasteiger partial charge is 0.330 e. The molecular weight excluding hydrogens is 347 g/mol. The molecule has 1 aromatic rings. The lowest BCUT2D eigenvalue weighted by molar-refractivity contribution is -0.106. The van der Waals surface area contributed by atoms with Gasteiger partial charge in [0.25, 0.3) is 5.56 Å². The molecule has 3 unspecified atom stereocenters. The maximum absolute atomic E-state index is 11.7.